The molecule has 1 aliphatic carbocycles. The Hall–Kier alpha value is -2.99. The van der Waals surface area contributed by atoms with Gasteiger partial charge < -0.3 is 14.8 Å². The number of benzene rings is 2. The molecule has 34 heavy (non-hydrogen) atoms. The highest BCUT2D eigenvalue weighted by molar-refractivity contribution is 6.24. The third kappa shape index (κ3) is 4.51. The number of halogens is 1. The topological polar surface area (TPSA) is 64.6 Å². The lowest BCUT2D eigenvalue weighted by atomic mass is 9.78. The molecule has 2 aromatic rings. The van der Waals surface area contributed by atoms with Crippen LogP contribution in [0.2, 0.25) is 0 Å². The van der Waals surface area contributed by atoms with Crippen molar-refractivity contribution in [3.05, 3.63) is 65.2 Å². The van der Waals surface area contributed by atoms with Gasteiger partial charge >= 0.3 is 5.97 Å². The van der Waals surface area contributed by atoms with Crippen LogP contribution in [0.3, 0.4) is 0 Å². The Bertz CT molecular complexity index is 1140. The van der Waals surface area contributed by atoms with E-state index in [1.54, 1.807) is 40.0 Å². The van der Waals surface area contributed by atoms with Crippen molar-refractivity contribution < 1.29 is 23.5 Å². The van der Waals surface area contributed by atoms with Crippen molar-refractivity contribution in [3.8, 4) is 11.1 Å². The Morgan fingerprint density at radius 3 is 2.26 bits per heavy atom. The lowest BCUT2D eigenvalue weighted by molar-refractivity contribution is -0.150. The molecule has 2 aromatic carbocycles. The summed E-state index contributed by atoms with van der Waals surface area (Å²) in [5.74, 6) is -0.519. The van der Waals surface area contributed by atoms with E-state index in [0.29, 0.717) is 29.7 Å². The van der Waals surface area contributed by atoms with E-state index in [-0.39, 0.29) is 23.8 Å². The lowest BCUT2D eigenvalue weighted by Gasteiger charge is -2.38. The number of rotatable bonds is 4. The molecule has 1 aliphatic heterocycles. The van der Waals surface area contributed by atoms with Crippen LogP contribution < -0.4 is 5.32 Å². The van der Waals surface area contributed by atoms with Gasteiger partial charge in [0.2, 0.25) is 0 Å². The minimum atomic E-state index is -0.735. The highest BCUT2D eigenvalue weighted by Crippen LogP contribution is 2.45. The SMILES string of the molecule is CO[C@H]1CC[C@]2(CC1)NC(=O)C(c1cc(-c3ccc(F)cc3)ccc1C)=C2OC(=O)C(C)(C)C. The van der Waals surface area contributed by atoms with Crippen LogP contribution in [-0.2, 0) is 19.1 Å². The van der Waals surface area contributed by atoms with Gasteiger partial charge in [-0.1, -0.05) is 24.3 Å². The van der Waals surface area contributed by atoms with Crippen LogP contribution in [0.4, 0.5) is 4.39 Å². The molecule has 1 spiro atoms. The Balaban J connectivity index is 1.85. The molecule has 0 bridgehead atoms. The van der Waals surface area contributed by atoms with Gasteiger partial charge in [-0.3, -0.25) is 9.59 Å². The summed E-state index contributed by atoms with van der Waals surface area (Å²) in [6.07, 6.45) is 2.90. The maximum absolute atomic E-state index is 13.4. The second-order valence-electron chi connectivity index (χ2n) is 10.4. The zero-order chi connectivity index (χ0) is 24.7. The van der Waals surface area contributed by atoms with E-state index in [4.69, 9.17) is 9.47 Å². The van der Waals surface area contributed by atoms with E-state index in [1.807, 2.05) is 25.1 Å². The second-order valence-corrected chi connectivity index (χ2v) is 10.4. The maximum Gasteiger partial charge on any atom is 0.316 e. The molecule has 0 atom stereocenters. The Labute approximate surface area is 200 Å². The van der Waals surface area contributed by atoms with Crippen LogP contribution >= 0.6 is 0 Å². The molecule has 6 heteroatoms. The van der Waals surface area contributed by atoms with Gasteiger partial charge in [-0.25, -0.2) is 4.39 Å². The molecular weight excluding hydrogens is 433 g/mol. The van der Waals surface area contributed by atoms with Gasteiger partial charge in [-0.15, -0.1) is 0 Å². The number of esters is 1. The molecule has 0 saturated heterocycles. The number of methoxy groups -OCH3 is 1. The first-order chi connectivity index (χ1) is 16.0. The van der Waals surface area contributed by atoms with Crippen molar-refractivity contribution in [1.29, 1.82) is 0 Å². The monoisotopic (exact) mass is 465 g/mol. The van der Waals surface area contributed by atoms with Gasteiger partial charge in [0.15, 0.2) is 0 Å². The lowest BCUT2D eigenvalue weighted by Crippen LogP contribution is -2.49. The molecule has 1 amide bonds. The van der Waals surface area contributed by atoms with E-state index < -0.39 is 11.0 Å². The average Bonchev–Trinajstić information content (AvgIpc) is 3.05. The zero-order valence-corrected chi connectivity index (χ0v) is 20.5. The first kappa shape index (κ1) is 24.1. The van der Waals surface area contributed by atoms with Gasteiger partial charge in [0.25, 0.3) is 5.91 Å². The molecule has 2 aliphatic rings. The second kappa shape index (κ2) is 8.99. The van der Waals surface area contributed by atoms with Crippen LogP contribution in [0.5, 0.6) is 0 Å². The number of nitrogens with one attached hydrogen (secondary N) is 1. The molecule has 1 saturated carbocycles. The normalized spacial score (nSPS) is 22.8. The summed E-state index contributed by atoms with van der Waals surface area (Å²) >= 11 is 0. The fourth-order valence-corrected chi connectivity index (χ4v) is 4.70. The van der Waals surface area contributed by atoms with Gasteiger partial charge in [0.1, 0.15) is 11.6 Å². The zero-order valence-electron chi connectivity index (χ0n) is 20.5. The first-order valence-corrected chi connectivity index (χ1v) is 11.7. The largest absolute Gasteiger partial charge is 0.427 e. The van der Waals surface area contributed by atoms with E-state index in [0.717, 1.165) is 29.5 Å². The van der Waals surface area contributed by atoms with Gasteiger partial charge in [0, 0.05) is 7.11 Å². The molecule has 1 N–H and O–H groups in total. The molecule has 1 heterocycles. The van der Waals surface area contributed by atoms with Crippen LogP contribution in [0.25, 0.3) is 16.7 Å². The summed E-state index contributed by atoms with van der Waals surface area (Å²) < 4.78 is 25.0. The van der Waals surface area contributed by atoms with Crippen molar-refractivity contribution in [2.24, 2.45) is 5.41 Å². The Morgan fingerprint density at radius 1 is 1.06 bits per heavy atom. The maximum atomic E-state index is 13.4. The number of aryl methyl sites for hydroxylation is 1. The summed E-state index contributed by atoms with van der Waals surface area (Å²) in [4.78, 5) is 26.4. The van der Waals surface area contributed by atoms with E-state index in [9.17, 15) is 14.0 Å². The highest BCUT2D eigenvalue weighted by Gasteiger charge is 2.50. The molecule has 5 nitrogen and oxygen atoms in total. The smallest absolute Gasteiger partial charge is 0.316 e. The van der Waals surface area contributed by atoms with E-state index in [1.165, 1.54) is 12.1 Å². The fourth-order valence-electron chi connectivity index (χ4n) is 4.70. The number of ether oxygens (including phenoxy) is 2. The molecule has 0 radical (unpaired) electrons. The van der Waals surface area contributed by atoms with Crippen LogP contribution in [0, 0.1) is 18.2 Å². The van der Waals surface area contributed by atoms with Crippen molar-refractivity contribution in [3.63, 3.8) is 0 Å². The number of carbonyl (C=O) groups is 2. The first-order valence-electron chi connectivity index (χ1n) is 11.7. The van der Waals surface area contributed by atoms with Crippen molar-refractivity contribution in [1.82, 2.24) is 5.32 Å². The van der Waals surface area contributed by atoms with E-state index in [2.05, 4.69) is 5.32 Å². The van der Waals surface area contributed by atoms with Crippen molar-refractivity contribution in [2.75, 3.05) is 7.11 Å². The summed E-state index contributed by atoms with van der Waals surface area (Å²) in [5.41, 5.74) is 2.23. The summed E-state index contributed by atoms with van der Waals surface area (Å²) in [5, 5.41) is 3.17. The molecule has 1 fully saturated rings. The van der Waals surface area contributed by atoms with E-state index >= 15 is 0 Å². The molecular formula is C28H32FNO4. The third-order valence-corrected chi connectivity index (χ3v) is 6.85. The molecule has 180 valence electrons. The van der Waals surface area contributed by atoms with Gasteiger partial charge in [-0.2, -0.15) is 0 Å². The predicted molar refractivity (Wildman–Crippen MR) is 129 cm³/mol. The number of carbonyl (C=O) groups excluding carboxylic acids is 2. The molecule has 0 aromatic heterocycles. The summed E-state index contributed by atoms with van der Waals surface area (Å²) in [6, 6.07) is 12.0. The standard InChI is InChI=1S/C28H32FNO4/c1-17-6-7-19(18-8-10-20(29)11-9-18)16-22(17)23-24(34-26(32)27(2,3)4)28(30-25(23)31)14-12-21(33-5)13-15-28/h6-11,16,21H,12-15H2,1-5H3,(H,30,31)/t21-,28+. The quantitative estimate of drug-likeness (QED) is 0.601. The third-order valence-electron chi connectivity index (χ3n) is 6.85. The number of hydrogen-bond acceptors (Lipinski definition) is 4. The van der Waals surface area contributed by atoms with Crippen molar-refractivity contribution >= 4 is 17.4 Å². The molecule has 0 unspecified atom stereocenters. The minimum Gasteiger partial charge on any atom is -0.427 e. The number of amides is 1. The summed E-state index contributed by atoms with van der Waals surface area (Å²) in [6.45, 7) is 7.33. The van der Waals surface area contributed by atoms with Crippen LogP contribution in [0.1, 0.15) is 57.6 Å². The van der Waals surface area contributed by atoms with Crippen molar-refractivity contribution in [2.45, 2.75) is 65.0 Å². The summed E-state index contributed by atoms with van der Waals surface area (Å²) in [7, 11) is 1.70. The van der Waals surface area contributed by atoms with Crippen LogP contribution in [0.15, 0.2) is 48.2 Å². The fraction of sp³-hybridized carbons (Fsp3) is 0.429. The molecule has 4 rings (SSSR count). The highest BCUT2D eigenvalue weighted by atomic mass is 19.1. The number of hydrogen-bond donors (Lipinski definition) is 1. The minimum absolute atomic E-state index is 0.120. The van der Waals surface area contributed by atoms with Gasteiger partial charge in [-0.05, 0) is 93.8 Å². The predicted octanol–water partition coefficient (Wildman–Crippen LogP) is 5.56. The van der Waals surface area contributed by atoms with Crippen LogP contribution in [-0.4, -0.2) is 30.6 Å². The van der Waals surface area contributed by atoms with Gasteiger partial charge in [0.05, 0.1) is 22.6 Å². The Kier molecular flexibility index (Phi) is 6.38. The average molecular weight is 466 g/mol. The Morgan fingerprint density at radius 2 is 1.68 bits per heavy atom.